The molecule has 0 radical (unpaired) electrons. The van der Waals surface area contributed by atoms with Crippen molar-refractivity contribution in [3.8, 4) is 0 Å². The molecule has 6 rings (SSSR count). The first-order chi connectivity index (χ1) is 18.5. The second kappa shape index (κ2) is 9.46. The smallest absolute Gasteiger partial charge is 0.315 e. The van der Waals surface area contributed by atoms with E-state index >= 15 is 0 Å². The van der Waals surface area contributed by atoms with Crippen LogP contribution in [0.2, 0.25) is 0 Å². The van der Waals surface area contributed by atoms with Gasteiger partial charge in [-0.2, -0.15) is 11.8 Å². The standard InChI is InChI=1S/C25H35N7O6S/c1-23(2)37-17-13(36-21(18(17)38-23)32-12-29-16-19(26)27-11-28-20(16)32)9-35-15(33)8-6-5-7-14-25(4)24(3,10-39-14)30-22(34)31-25/h11-14,17-18,21H,5-10H2,1-4H3,(H2,26,27,28)(H2,30,31,34)/t13-,14+,17-,18-,21-,24+,25-/m1/s1. The van der Waals surface area contributed by atoms with E-state index in [-0.39, 0.29) is 35.5 Å². The molecule has 2 aromatic rings. The van der Waals surface area contributed by atoms with Crippen LogP contribution in [0.3, 0.4) is 0 Å². The van der Waals surface area contributed by atoms with Gasteiger partial charge < -0.3 is 35.3 Å². The van der Waals surface area contributed by atoms with E-state index in [1.807, 2.05) is 25.6 Å². The van der Waals surface area contributed by atoms with Crippen LogP contribution in [0, 0.1) is 0 Å². The van der Waals surface area contributed by atoms with Crippen molar-refractivity contribution >= 4 is 40.7 Å². The van der Waals surface area contributed by atoms with E-state index in [1.165, 1.54) is 6.33 Å². The maximum atomic E-state index is 12.6. The van der Waals surface area contributed by atoms with Gasteiger partial charge in [0, 0.05) is 17.4 Å². The number of carbonyl (C=O) groups is 2. The molecule has 13 nitrogen and oxygen atoms in total. The Kier molecular flexibility index (Phi) is 6.44. The highest BCUT2D eigenvalue weighted by atomic mass is 32.2. The van der Waals surface area contributed by atoms with Gasteiger partial charge in [-0.15, -0.1) is 0 Å². The Morgan fingerprint density at radius 2 is 1.97 bits per heavy atom. The van der Waals surface area contributed by atoms with Crippen LogP contribution in [0.1, 0.15) is 59.6 Å². The second-order valence-electron chi connectivity index (χ2n) is 11.6. The van der Waals surface area contributed by atoms with Gasteiger partial charge in [-0.25, -0.2) is 19.7 Å². The SMILES string of the molecule is CC1(C)O[C@@H]2[C@H](O1)[C@@H](COC(=O)CCCC[C@@H]1SC[C@]3(C)NC(=O)N[C@]13C)O[C@H]2n1cnc2c(N)ncnc21. The van der Waals surface area contributed by atoms with E-state index in [2.05, 4.69) is 39.4 Å². The first kappa shape index (κ1) is 26.5. The van der Waals surface area contributed by atoms with Gasteiger partial charge in [-0.1, -0.05) is 6.42 Å². The Balaban J connectivity index is 1.03. The molecule has 0 aromatic carbocycles. The summed E-state index contributed by atoms with van der Waals surface area (Å²) in [7, 11) is 0. The predicted molar refractivity (Wildman–Crippen MR) is 142 cm³/mol. The lowest BCUT2D eigenvalue weighted by molar-refractivity contribution is -0.202. The molecule has 0 spiro atoms. The highest BCUT2D eigenvalue weighted by Gasteiger charge is 2.60. The maximum absolute atomic E-state index is 12.6. The molecule has 4 aliphatic heterocycles. The molecule has 0 aliphatic carbocycles. The number of thioether (sulfide) groups is 1. The summed E-state index contributed by atoms with van der Waals surface area (Å²) in [4.78, 5) is 37.2. The number of nitrogens with zero attached hydrogens (tertiary/aromatic N) is 4. The molecule has 4 aliphatic rings. The summed E-state index contributed by atoms with van der Waals surface area (Å²) >= 11 is 1.87. The van der Waals surface area contributed by atoms with Crippen molar-refractivity contribution in [2.24, 2.45) is 0 Å². The van der Waals surface area contributed by atoms with Crippen LogP contribution in [0.15, 0.2) is 12.7 Å². The third kappa shape index (κ3) is 4.50. The monoisotopic (exact) mass is 561 g/mol. The number of nitrogens with one attached hydrogen (secondary N) is 2. The van der Waals surface area contributed by atoms with Crippen LogP contribution in [0.5, 0.6) is 0 Å². The van der Waals surface area contributed by atoms with Gasteiger partial charge >= 0.3 is 12.0 Å². The van der Waals surface area contributed by atoms with Gasteiger partial charge in [-0.05, 0) is 40.5 Å². The first-order valence-electron chi connectivity index (χ1n) is 13.3. The number of anilines is 1. The molecular weight excluding hydrogens is 526 g/mol. The van der Waals surface area contributed by atoms with Crippen LogP contribution in [-0.2, 0) is 23.7 Å². The molecule has 212 valence electrons. The van der Waals surface area contributed by atoms with Crippen LogP contribution >= 0.6 is 11.8 Å². The molecule has 4 saturated heterocycles. The van der Waals surface area contributed by atoms with Crippen LogP contribution < -0.4 is 16.4 Å². The molecular formula is C25H35N7O6S. The van der Waals surface area contributed by atoms with Crippen molar-refractivity contribution in [3.63, 3.8) is 0 Å². The largest absolute Gasteiger partial charge is 0.463 e. The number of imidazole rings is 1. The highest BCUT2D eigenvalue weighted by Crippen LogP contribution is 2.47. The fraction of sp³-hybridized carbons (Fsp3) is 0.720. The number of unbranched alkanes of at least 4 members (excludes halogenated alkanes) is 1. The van der Waals surface area contributed by atoms with Gasteiger partial charge in [0.15, 0.2) is 23.5 Å². The van der Waals surface area contributed by atoms with Crippen molar-refractivity contribution in [2.45, 2.75) is 100 Å². The van der Waals surface area contributed by atoms with Crippen molar-refractivity contribution in [3.05, 3.63) is 12.7 Å². The van der Waals surface area contributed by atoms with Crippen LogP contribution in [0.4, 0.5) is 10.6 Å². The number of carbonyl (C=O) groups excluding carboxylic acids is 2. The lowest BCUT2D eigenvalue weighted by Gasteiger charge is -2.35. The summed E-state index contributed by atoms with van der Waals surface area (Å²) in [6.45, 7) is 7.93. The average Bonchev–Trinajstić information content (AvgIpc) is 3.61. The zero-order valence-electron chi connectivity index (χ0n) is 22.5. The Hall–Kier alpha value is -2.68. The Morgan fingerprint density at radius 3 is 2.79 bits per heavy atom. The van der Waals surface area contributed by atoms with Crippen LogP contribution in [-0.4, -0.2) is 84.3 Å². The van der Waals surface area contributed by atoms with E-state index < -0.39 is 30.3 Å². The number of hydrogen-bond acceptors (Lipinski definition) is 11. The number of hydrogen-bond donors (Lipinski definition) is 3. The van der Waals surface area contributed by atoms with Gasteiger partial charge in [0.05, 0.1) is 17.4 Å². The van der Waals surface area contributed by atoms with Crippen molar-refractivity contribution in [1.82, 2.24) is 30.2 Å². The van der Waals surface area contributed by atoms with E-state index in [0.29, 0.717) is 29.3 Å². The number of urea groups is 1. The molecule has 6 heterocycles. The first-order valence-corrected chi connectivity index (χ1v) is 14.4. The van der Waals surface area contributed by atoms with Gasteiger partial charge in [0.2, 0.25) is 0 Å². The zero-order valence-corrected chi connectivity index (χ0v) is 23.3. The minimum Gasteiger partial charge on any atom is -0.463 e. The summed E-state index contributed by atoms with van der Waals surface area (Å²) in [5.74, 6) is 0.0546. The summed E-state index contributed by atoms with van der Waals surface area (Å²) in [5, 5.41) is 6.48. The molecule has 39 heavy (non-hydrogen) atoms. The summed E-state index contributed by atoms with van der Waals surface area (Å²) < 4.78 is 25.9. The van der Waals surface area contributed by atoms with E-state index in [9.17, 15) is 9.59 Å². The predicted octanol–water partition coefficient (Wildman–Crippen LogP) is 1.88. The minimum atomic E-state index is -0.816. The van der Waals surface area contributed by atoms with E-state index in [0.717, 1.165) is 18.6 Å². The quantitative estimate of drug-likeness (QED) is 0.245. The summed E-state index contributed by atoms with van der Waals surface area (Å²) in [6, 6.07) is -0.105. The summed E-state index contributed by atoms with van der Waals surface area (Å²) in [6.07, 6.45) is 3.79. The average molecular weight is 562 g/mol. The number of fused-ring (bicyclic) bond motifs is 3. The molecule has 0 saturated carbocycles. The lowest BCUT2D eigenvalue weighted by Crippen LogP contribution is -2.58. The molecule has 0 unspecified atom stereocenters. The number of ether oxygens (including phenoxy) is 4. The molecule has 4 fully saturated rings. The second-order valence-corrected chi connectivity index (χ2v) is 12.7. The van der Waals surface area contributed by atoms with Crippen molar-refractivity contribution in [1.29, 1.82) is 0 Å². The maximum Gasteiger partial charge on any atom is 0.315 e. The number of rotatable bonds is 8. The lowest BCUT2D eigenvalue weighted by atomic mass is 9.79. The molecule has 0 bridgehead atoms. The molecule has 14 heteroatoms. The van der Waals surface area contributed by atoms with Gasteiger partial charge in [-0.3, -0.25) is 9.36 Å². The number of esters is 1. The molecule has 7 atom stereocenters. The minimum absolute atomic E-state index is 0.0479. The Bertz CT molecular complexity index is 1290. The normalized spacial score (nSPS) is 36.5. The van der Waals surface area contributed by atoms with E-state index in [4.69, 9.17) is 24.7 Å². The summed E-state index contributed by atoms with van der Waals surface area (Å²) in [5.41, 5.74) is 6.41. The topological polar surface area (TPSA) is 165 Å². The number of aromatic nitrogens is 4. The van der Waals surface area contributed by atoms with Gasteiger partial charge in [0.25, 0.3) is 0 Å². The Morgan fingerprint density at radius 1 is 1.18 bits per heavy atom. The Labute approximate surface area is 230 Å². The molecule has 4 N–H and O–H groups in total. The fourth-order valence-corrected chi connectivity index (χ4v) is 8.03. The van der Waals surface area contributed by atoms with Crippen LogP contribution in [0.25, 0.3) is 11.2 Å². The molecule has 2 amide bonds. The van der Waals surface area contributed by atoms with Gasteiger partial charge in [0.1, 0.15) is 36.8 Å². The highest BCUT2D eigenvalue weighted by molar-refractivity contribution is 8.00. The third-order valence-electron chi connectivity index (χ3n) is 8.42. The third-order valence-corrected chi connectivity index (χ3v) is 10.3. The number of amides is 2. The van der Waals surface area contributed by atoms with Crippen molar-refractivity contribution in [2.75, 3.05) is 18.1 Å². The van der Waals surface area contributed by atoms with E-state index in [1.54, 1.807) is 10.9 Å². The number of nitrogen functional groups attached to an aromatic ring is 1. The molecule has 2 aromatic heterocycles. The fourth-order valence-electron chi connectivity index (χ4n) is 6.13. The number of nitrogens with two attached hydrogens (primary N) is 1. The zero-order chi connectivity index (χ0) is 27.6. The van der Waals surface area contributed by atoms with Crippen molar-refractivity contribution < 1.29 is 28.5 Å².